The summed E-state index contributed by atoms with van der Waals surface area (Å²) in [6.45, 7) is 7.07. The van der Waals surface area contributed by atoms with E-state index in [4.69, 9.17) is 0 Å². The molecule has 0 spiro atoms. The maximum Gasteiger partial charge on any atom is 0.257 e. The smallest absolute Gasteiger partial charge is 0.257 e. The molecule has 1 aliphatic heterocycles. The summed E-state index contributed by atoms with van der Waals surface area (Å²) in [5.74, 6) is 3.33. The number of aromatic nitrogens is 7. The molecule has 4 rings (SSSR count). The van der Waals surface area contributed by atoms with Crippen LogP contribution < -0.4 is 0 Å². The van der Waals surface area contributed by atoms with Gasteiger partial charge in [0.1, 0.15) is 11.6 Å². The molecule has 0 N–H and O–H groups in total. The molecular formula is C19H26N8O. The highest BCUT2D eigenvalue weighted by molar-refractivity contribution is 5.93. The van der Waals surface area contributed by atoms with Gasteiger partial charge in [0.15, 0.2) is 5.82 Å². The largest absolute Gasteiger partial charge is 0.339 e. The van der Waals surface area contributed by atoms with Gasteiger partial charge in [0.05, 0.1) is 18.3 Å². The number of likely N-dealkylation sites (tertiary alicyclic amines) is 1. The summed E-state index contributed by atoms with van der Waals surface area (Å²) in [6.07, 6.45) is 8.96. The van der Waals surface area contributed by atoms with Crippen molar-refractivity contribution in [3.63, 3.8) is 0 Å². The normalized spacial score (nSPS) is 15.3. The number of imidazole rings is 1. The highest BCUT2D eigenvalue weighted by Crippen LogP contribution is 2.28. The quantitative estimate of drug-likeness (QED) is 0.669. The van der Waals surface area contributed by atoms with Gasteiger partial charge in [-0.2, -0.15) is 5.10 Å². The van der Waals surface area contributed by atoms with Crippen molar-refractivity contribution < 1.29 is 4.79 Å². The number of hydrogen-bond donors (Lipinski definition) is 0. The molecule has 148 valence electrons. The number of carbonyl (C=O) groups is 1. The predicted octanol–water partition coefficient (Wildman–Crippen LogP) is 1.60. The summed E-state index contributed by atoms with van der Waals surface area (Å²) in [5, 5.41) is 13.1. The summed E-state index contributed by atoms with van der Waals surface area (Å²) in [6, 6.07) is 0. The van der Waals surface area contributed by atoms with Crippen molar-refractivity contribution in [3.8, 4) is 0 Å². The van der Waals surface area contributed by atoms with Gasteiger partial charge < -0.3 is 14.0 Å². The number of amides is 1. The number of carbonyl (C=O) groups excluding carboxylic acids is 1. The van der Waals surface area contributed by atoms with Crippen molar-refractivity contribution >= 4 is 5.91 Å². The number of rotatable bonds is 5. The minimum absolute atomic E-state index is 0.0554. The van der Waals surface area contributed by atoms with Crippen LogP contribution in [-0.2, 0) is 20.1 Å². The molecule has 9 nitrogen and oxygen atoms in total. The summed E-state index contributed by atoms with van der Waals surface area (Å²) < 4.78 is 5.95. The van der Waals surface area contributed by atoms with E-state index in [0.29, 0.717) is 18.0 Å². The van der Waals surface area contributed by atoms with E-state index < -0.39 is 0 Å². The topological polar surface area (TPSA) is 86.7 Å². The Bertz CT molecular complexity index is 960. The van der Waals surface area contributed by atoms with E-state index in [1.807, 2.05) is 25.1 Å². The first-order valence-corrected chi connectivity index (χ1v) is 9.74. The van der Waals surface area contributed by atoms with Crippen LogP contribution in [0.15, 0.2) is 24.8 Å². The van der Waals surface area contributed by atoms with Gasteiger partial charge in [0.2, 0.25) is 0 Å². The van der Waals surface area contributed by atoms with Gasteiger partial charge >= 0.3 is 0 Å². The van der Waals surface area contributed by atoms with E-state index >= 15 is 0 Å². The average molecular weight is 382 g/mol. The molecule has 0 bridgehead atoms. The van der Waals surface area contributed by atoms with Gasteiger partial charge in [-0.05, 0) is 26.7 Å². The van der Waals surface area contributed by atoms with Gasteiger partial charge in [-0.1, -0.05) is 0 Å². The Morgan fingerprint density at radius 1 is 1.25 bits per heavy atom. The number of hydrogen-bond acceptors (Lipinski definition) is 5. The Morgan fingerprint density at radius 2 is 2.04 bits per heavy atom. The van der Waals surface area contributed by atoms with E-state index in [1.165, 1.54) is 0 Å². The summed E-state index contributed by atoms with van der Waals surface area (Å²) in [4.78, 5) is 18.8. The summed E-state index contributed by atoms with van der Waals surface area (Å²) in [5.41, 5.74) is 0.649. The molecule has 0 aromatic carbocycles. The first-order chi connectivity index (χ1) is 13.6. The Morgan fingerprint density at radius 3 is 2.64 bits per heavy atom. The second-order valence-corrected chi connectivity index (χ2v) is 7.29. The lowest BCUT2D eigenvalue weighted by Gasteiger charge is -2.31. The second-order valence-electron chi connectivity index (χ2n) is 7.29. The molecule has 0 atom stereocenters. The van der Waals surface area contributed by atoms with E-state index in [2.05, 4.69) is 36.3 Å². The third-order valence-corrected chi connectivity index (χ3v) is 5.51. The van der Waals surface area contributed by atoms with Gasteiger partial charge in [-0.3, -0.25) is 9.48 Å². The molecule has 4 heterocycles. The van der Waals surface area contributed by atoms with E-state index in [0.717, 1.165) is 49.9 Å². The molecule has 3 aromatic heterocycles. The fraction of sp³-hybridized carbons (Fsp3) is 0.526. The van der Waals surface area contributed by atoms with Gasteiger partial charge in [-0.25, -0.2) is 4.98 Å². The zero-order valence-electron chi connectivity index (χ0n) is 16.6. The molecule has 0 aliphatic carbocycles. The Labute approximate surface area is 164 Å². The van der Waals surface area contributed by atoms with Gasteiger partial charge in [0, 0.05) is 51.2 Å². The first-order valence-electron chi connectivity index (χ1n) is 9.74. The van der Waals surface area contributed by atoms with Crippen LogP contribution in [0.3, 0.4) is 0 Å². The molecule has 1 saturated heterocycles. The van der Waals surface area contributed by atoms with E-state index in [9.17, 15) is 4.79 Å². The lowest BCUT2D eigenvalue weighted by atomic mass is 9.95. The second kappa shape index (κ2) is 7.57. The number of aryl methyl sites for hydroxylation is 2. The standard InChI is InChI=1S/C19H26N8O/c1-4-27-17(13-26-10-7-20-14(26)2)22-23-18(27)15-5-8-25(9-6-15)19(28)16-11-21-24(3)12-16/h7,10-12,15H,4-6,8-9,13H2,1-3H3. The third-order valence-electron chi connectivity index (χ3n) is 5.51. The first kappa shape index (κ1) is 18.4. The van der Waals surface area contributed by atoms with Crippen LogP contribution in [0.2, 0.25) is 0 Å². The molecule has 28 heavy (non-hydrogen) atoms. The van der Waals surface area contributed by atoms with E-state index in [1.54, 1.807) is 23.3 Å². The van der Waals surface area contributed by atoms with Crippen LogP contribution >= 0.6 is 0 Å². The van der Waals surface area contributed by atoms with Crippen molar-refractivity contribution in [1.82, 2.24) is 39.0 Å². The molecule has 3 aromatic rings. The SMILES string of the molecule is CCn1c(Cn2ccnc2C)nnc1C1CCN(C(=O)c2cnn(C)c2)CC1. The fourth-order valence-corrected chi connectivity index (χ4v) is 3.89. The third kappa shape index (κ3) is 3.44. The van der Waals surface area contributed by atoms with Crippen LogP contribution in [0, 0.1) is 6.92 Å². The van der Waals surface area contributed by atoms with Crippen LogP contribution in [0.1, 0.15) is 53.5 Å². The zero-order valence-corrected chi connectivity index (χ0v) is 16.6. The Kier molecular flexibility index (Phi) is 4.97. The minimum atomic E-state index is 0.0554. The summed E-state index contributed by atoms with van der Waals surface area (Å²) in [7, 11) is 1.82. The monoisotopic (exact) mass is 382 g/mol. The van der Waals surface area contributed by atoms with Crippen molar-refractivity contribution in [2.45, 2.75) is 45.7 Å². The maximum absolute atomic E-state index is 12.6. The molecule has 1 aliphatic rings. The van der Waals surface area contributed by atoms with Gasteiger partial charge in [0.25, 0.3) is 5.91 Å². The molecule has 9 heteroatoms. The lowest BCUT2D eigenvalue weighted by Crippen LogP contribution is -2.38. The van der Waals surface area contributed by atoms with Crippen molar-refractivity contribution in [2.24, 2.45) is 7.05 Å². The molecule has 0 unspecified atom stereocenters. The number of piperidine rings is 1. The zero-order chi connectivity index (χ0) is 19.7. The van der Waals surface area contributed by atoms with E-state index in [-0.39, 0.29) is 5.91 Å². The average Bonchev–Trinajstić information content (AvgIpc) is 3.42. The fourth-order valence-electron chi connectivity index (χ4n) is 3.89. The highest BCUT2D eigenvalue weighted by atomic mass is 16.2. The van der Waals surface area contributed by atoms with Gasteiger partial charge in [-0.15, -0.1) is 10.2 Å². The van der Waals surface area contributed by atoms with Crippen LogP contribution in [0.5, 0.6) is 0 Å². The Balaban J connectivity index is 1.44. The Hall–Kier alpha value is -2.97. The molecular weight excluding hydrogens is 356 g/mol. The predicted molar refractivity (Wildman–Crippen MR) is 103 cm³/mol. The highest BCUT2D eigenvalue weighted by Gasteiger charge is 2.28. The lowest BCUT2D eigenvalue weighted by molar-refractivity contribution is 0.0710. The molecule has 0 radical (unpaired) electrons. The van der Waals surface area contributed by atoms with Crippen LogP contribution in [0.25, 0.3) is 0 Å². The van der Waals surface area contributed by atoms with Crippen molar-refractivity contribution in [2.75, 3.05) is 13.1 Å². The maximum atomic E-state index is 12.6. The molecule has 0 saturated carbocycles. The van der Waals surface area contributed by atoms with Crippen molar-refractivity contribution in [1.29, 1.82) is 0 Å². The van der Waals surface area contributed by atoms with Crippen LogP contribution in [-0.4, -0.2) is 58.0 Å². The molecule has 1 amide bonds. The number of nitrogens with zero attached hydrogens (tertiary/aromatic N) is 8. The molecule has 1 fully saturated rings. The summed E-state index contributed by atoms with van der Waals surface area (Å²) >= 11 is 0. The minimum Gasteiger partial charge on any atom is -0.339 e. The van der Waals surface area contributed by atoms with Crippen molar-refractivity contribution in [3.05, 3.63) is 47.8 Å². The van der Waals surface area contributed by atoms with Crippen LogP contribution in [0.4, 0.5) is 0 Å².